The van der Waals surface area contributed by atoms with Gasteiger partial charge in [-0.05, 0) is 43.2 Å². The van der Waals surface area contributed by atoms with Crippen molar-refractivity contribution >= 4 is 27.1 Å². The first-order valence-corrected chi connectivity index (χ1v) is 11.1. The smallest absolute Gasteiger partial charge is 0.263 e. The molecular formula is C19H19N3O3S2. The Hall–Kier alpha value is -2.45. The maximum absolute atomic E-state index is 12.8. The largest absolute Gasteiger partial charge is 0.338 e. The molecular weight excluding hydrogens is 382 g/mol. The molecule has 1 aliphatic heterocycles. The molecule has 0 bridgehead atoms. The van der Waals surface area contributed by atoms with E-state index in [9.17, 15) is 13.2 Å². The van der Waals surface area contributed by atoms with Crippen LogP contribution in [-0.2, 0) is 9.84 Å². The minimum absolute atomic E-state index is 0.0404. The number of hydrogen-bond donors (Lipinski definition) is 1. The normalized spacial score (nSPS) is 15.8. The first-order chi connectivity index (χ1) is 13.1. The highest BCUT2D eigenvalue weighted by molar-refractivity contribution is 7.92. The van der Waals surface area contributed by atoms with E-state index in [2.05, 4.69) is 10.2 Å². The van der Waals surface area contributed by atoms with E-state index >= 15 is 0 Å². The lowest BCUT2D eigenvalue weighted by Crippen LogP contribution is -2.42. The molecule has 0 atom stereocenters. The molecule has 3 heterocycles. The third kappa shape index (κ3) is 3.54. The van der Waals surface area contributed by atoms with Gasteiger partial charge in [-0.1, -0.05) is 18.2 Å². The first kappa shape index (κ1) is 17.9. The monoisotopic (exact) mass is 401 g/mol. The fourth-order valence-electron chi connectivity index (χ4n) is 3.32. The highest BCUT2D eigenvalue weighted by atomic mass is 32.2. The van der Waals surface area contributed by atoms with Crippen LogP contribution in [0.15, 0.2) is 59.6 Å². The van der Waals surface area contributed by atoms with Crippen LogP contribution in [0.4, 0.5) is 0 Å². The van der Waals surface area contributed by atoms with Crippen molar-refractivity contribution in [3.8, 4) is 10.6 Å². The number of piperidine rings is 1. The molecule has 27 heavy (non-hydrogen) atoms. The fraction of sp³-hybridized carbons (Fsp3) is 0.263. The predicted octanol–water partition coefficient (Wildman–Crippen LogP) is 3.22. The number of nitrogens with one attached hydrogen (secondary N) is 1. The summed E-state index contributed by atoms with van der Waals surface area (Å²) in [6.45, 7) is 0.902. The Kier molecular flexibility index (Phi) is 4.84. The second-order valence-corrected chi connectivity index (χ2v) is 9.80. The van der Waals surface area contributed by atoms with E-state index in [1.807, 2.05) is 18.2 Å². The van der Waals surface area contributed by atoms with E-state index in [4.69, 9.17) is 0 Å². The van der Waals surface area contributed by atoms with Gasteiger partial charge in [0.05, 0.1) is 25.6 Å². The highest BCUT2D eigenvalue weighted by Gasteiger charge is 2.33. The lowest BCUT2D eigenvalue weighted by molar-refractivity contribution is 0.0730. The van der Waals surface area contributed by atoms with Crippen LogP contribution >= 0.6 is 11.3 Å². The zero-order chi connectivity index (χ0) is 18.9. The molecule has 0 saturated carbocycles. The molecule has 1 saturated heterocycles. The number of carbonyl (C=O) groups excluding carboxylic acids is 1. The molecule has 1 aromatic carbocycles. The Bertz CT molecular complexity index is 1020. The summed E-state index contributed by atoms with van der Waals surface area (Å²) in [5.74, 6) is -0.0404. The van der Waals surface area contributed by atoms with Gasteiger partial charge in [0.25, 0.3) is 5.91 Å². The van der Waals surface area contributed by atoms with Crippen molar-refractivity contribution in [2.45, 2.75) is 23.0 Å². The van der Waals surface area contributed by atoms with Gasteiger partial charge in [0.1, 0.15) is 0 Å². The van der Waals surface area contributed by atoms with E-state index in [1.165, 1.54) is 11.3 Å². The molecule has 0 aliphatic carbocycles. The molecule has 4 rings (SSSR count). The van der Waals surface area contributed by atoms with Gasteiger partial charge in [-0.2, -0.15) is 5.10 Å². The Morgan fingerprint density at radius 2 is 1.81 bits per heavy atom. The summed E-state index contributed by atoms with van der Waals surface area (Å²) >= 11 is 1.41. The van der Waals surface area contributed by atoms with Gasteiger partial charge in [0.2, 0.25) is 0 Å². The molecule has 0 unspecified atom stereocenters. The van der Waals surface area contributed by atoms with Crippen LogP contribution in [0.2, 0.25) is 0 Å². The number of rotatable bonds is 4. The summed E-state index contributed by atoms with van der Waals surface area (Å²) in [6.07, 6.45) is 2.60. The number of aromatic amines is 1. The predicted molar refractivity (Wildman–Crippen MR) is 104 cm³/mol. The summed E-state index contributed by atoms with van der Waals surface area (Å²) in [5.41, 5.74) is 0.881. The topological polar surface area (TPSA) is 83.1 Å². The Morgan fingerprint density at radius 3 is 2.48 bits per heavy atom. The zero-order valence-corrected chi connectivity index (χ0v) is 16.2. The van der Waals surface area contributed by atoms with Crippen molar-refractivity contribution in [1.29, 1.82) is 0 Å². The minimum atomic E-state index is -3.35. The highest BCUT2D eigenvalue weighted by Crippen LogP contribution is 2.29. The van der Waals surface area contributed by atoms with Gasteiger partial charge in [-0.25, -0.2) is 8.42 Å². The third-order valence-corrected chi connectivity index (χ3v) is 8.21. The Morgan fingerprint density at radius 1 is 1.07 bits per heavy atom. The van der Waals surface area contributed by atoms with Crippen molar-refractivity contribution in [3.05, 3.63) is 59.6 Å². The molecule has 8 heteroatoms. The van der Waals surface area contributed by atoms with Crippen molar-refractivity contribution < 1.29 is 13.2 Å². The van der Waals surface area contributed by atoms with Gasteiger partial charge in [-0.3, -0.25) is 9.89 Å². The Labute approximate surface area is 161 Å². The lowest BCUT2D eigenvalue weighted by atomic mass is 10.1. The summed E-state index contributed by atoms with van der Waals surface area (Å²) in [5, 5.41) is 6.38. The molecule has 1 amide bonds. The second-order valence-electron chi connectivity index (χ2n) is 6.48. The number of sulfone groups is 1. The van der Waals surface area contributed by atoms with Crippen LogP contribution in [0.3, 0.4) is 0 Å². The number of H-pyrrole nitrogens is 1. The average Bonchev–Trinajstić information content (AvgIpc) is 3.40. The number of hydrogen-bond acceptors (Lipinski definition) is 5. The number of thiophene rings is 1. The van der Waals surface area contributed by atoms with Gasteiger partial charge >= 0.3 is 0 Å². The first-order valence-electron chi connectivity index (χ1n) is 8.73. The molecule has 1 N–H and O–H groups in total. The molecule has 140 valence electrons. The summed E-state index contributed by atoms with van der Waals surface area (Å²) in [4.78, 5) is 16.5. The molecule has 3 aromatic rings. The quantitative estimate of drug-likeness (QED) is 0.728. The SMILES string of the molecule is O=C(c1ccc(-c2ccn[nH]2)s1)N1CCC(S(=O)(=O)c2ccccc2)CC1. The van der Waals surface area contributed by atoms with Crippen LogP contribution in [0.25, 0.3) is 10.6 Å². The van der Waals surface area contributed by atoms with Crippen LogP contribution in [0.5, 0.6) is 0 Å². The van der Waals surface area contributed by atoms with E-state index in [0.29, 0.717) is 35.7 Å². The number of carbonyl (C=O) groups is 1. The van der Waals surface area contributed by atoms with E-state index in [1.54, 1.807) is 41.4 Å². The Balaban J connectivity index is 1.43. The third-order valence-electron chi connectivity index (χ3n) is 4.82. The average molecular weight is 402 g/mol. The number of amides is 1. The maximum Gasteiger partial charge on any atom is 0.263 e. The molecule has 0 spiro atoms. The number of aromatic nitrogens is 2. The molecule has 1 aliphatic rings. The van der Waals surface area contributed by atoms with Gasteiger partial charge < -0.3 is 4.90 Å². The van der Waals surface area contributed by atoms with E-state index in [0.717, 1.165) is 10.6 Å². The molecule has 6 nitrogen and oxygen atoms in total. The zero-order valence-electron chi connectivity index (χ0n) is 14.5. The van der Waals surface area contributed by atoms with Gasteiger partial charge in [0, 0.05) is 19.3 Å². The van der Waals surface area contributed by atoms with E-state index < -0.39 is 15.1 Å². The van der Waals surface area contributed by atoms with Gasteiger partial charge in [-0.15, -0.1) is 11.3 Å². The van der Waals surface area contributed by atoms with Crippen molar-refractivity contribution in [3.63, 3.8) is 0 Å². The van der Waals surface area contributed by atoms with Crippen molar-refractivity contribution in [2.75, 3.05) is 13.1 Å². The standard InChI is InChI=1S/C19H19N3O3S2/c23-19(18-7-6-17(26-18)16-8-11-20-21-16)22-12-9-15(10-13-22)27(24,25)14-4-2-1-3-5-14/h1-8,11,15H,9-10,12-13H2,(H,20,21). The molecule has 2 aromatic heterocycles. The molecule has 0 radical (unpaired) electrons. The van der Waals surface area contributed by atoms with Crippen LogP contribution in [-0.4, -0.2) is 47.8 Å². The summed E-state index contributed by atoms with van der Waals surface area (Å²) in [6, 6.07) is 14.1. The van der Waals surface area contributed by atoms with Gasteiger partial charge in [0.15, 0.2) is 9.84 Å². The number of likely N-dealkylation sites (tertiary alicyclic amines) is 1. The number of benzene rings is 1. The molecule has 1 fully saturated rings. The second kappa shape index (κ2) is 7.28. The summed E-state index contributed by atoms with van der Waals surface area (Å²) in [7, 11) is -3.35. The van der Waals surface area contributed by atoms with Crippen molar-refractivity contribution in [1.82, 2.24) is 15.1 Å². The maximum atomic E-state index is 12.8. The van der Waals surface area contributed by atoms with Crippen LogP contribution < -0.4 is 0 Å². The van der Waals surface area contributed by atoms with Crippen LogP contribution in [0.1, 0.15) is 22.5 Å². The minimum Gasteiger partial charge on any atom is -0.338 e. The lowest BCUT2D eigenvalue weighted by Gasteiger charge is -2.31. The number of nitrogens with zero attached hydrogens (tertiary/aromatic N) is 2. The fourth-order valence-corrected chi connectivity index (χ4v) is 6.02. The van der Waals surface area contributed by atoms with Crippen molar-refractivity contribution in [2.24, 2.45) is 0 Å². The summed E-state index contributed by atoms with van der Waals surface area (Å²) < 4.78 is 25.5. The van der Waals surface area contributed by atoms with Crippen LogP contribution in [0, 0.1) is 0 Å². The van der Waals surface area contributed by atoms with E-state index in [-0.39, 0.29) is 5.91 Å².